The molecule has 0 unspecified atom stereocenters. The smallest absolute Gasteiger partial charge is 0.175 e. The molecule has 0 aliphatic carbocycles. The van der Waals surface area contributed by atoms with E-state index in [0.29, 0.717) is 19.3 Å². The summed E-state index contributed by atoms with van der Waals surface area (Å²) in [5, 5.41) is 4.47. The number of nitrogens with one attached hydrogen (secondary N) is 1. The van der Waals surface area contributed by atoms with Crippen LogP contribution in [0.4, 0.5) is 0 Å². The number of piperidine rings is 1. The number of ether oxygens (including phenoxy) is 2. The van der Waals surface area contributed by atoms with Crippen LogP contribution >= 0.6 is 52.3 Å². The average molecular weight is 617 g/mol. The maximum atomic E-state index is 6.12. The largest absolute Gasteiger partial charge is 0.490 e. The molecule has 1 aliphatic rings. The summed E-state index contributed by atoms with van der Waals surface area (Å²) in [6.45, 7) is 7.12. The Labute approximate surface area is 240 Å². The Morgan fingerprint density at radius 3 is 2.28 bits per heavy atom. The monoisotopic (exact) mass is 614 g/mol. The molecule has 4 nitrogen and oxygen atoms in total. The second-order valence-electron chi connectivity index (χ2n) is 8.67. The van der Waals surface area contributed by atoms with Crippen LogP contribution in [0.5, 0.6) is 11.5 Å². The number of benzene rings is 3. The molecule has 0 bridgehead atoms. The molecule has 196 valence electrons. The second kappa shape index (κ2) is 15.7. The maximum Gasteiger partial charge on any atom is 0.175 e. The third-order valence-electron chi connectivity index (χ3n) is 6.10. The van der Waals surface area contributed by atoms with Crippen molar-refractivity contribution in [2.24, 2.45) is 0 Å². The van der Waals surface area contributed by atoms with Crippen LogP contribution in [0, 0.1) is 0 Å². The van der Waals surface area contributed by atoms with Gasteiger partial charge < -0.3 is 14.8 Å². The summed E-state index contributed by atoms with van der Waals surface area (Å²) < 4.78 is 12.9. The minimum Gasteiger partial charge on any atom is -0.490 e. The Balaban J connectivity index is 0.00000228. The first kappa shape index (κ1) is 30.8. The van der Waals surface area contributed by atoms with Crippen LogP contribution in [0.15, 0.2) is 71.2 Å². The molecule has 8 heteroatoms. The van der Waals surface area contributed by atoms with Gasteiger partial charge in [0.1, 0.15) is 6.61 Å². The summed E-state index contributed by atoms with van der Waals surface area (Å²) in [6.07, 6.45) is 2.32. The Morgan fingerprint density at radius 2 is 1.61 bits per heavy atom. The summed E-state index contributed by atoms with van der Waals surface area (Å²) in [5.74, 6) is 1.50. The van der Waals surface area contributed by atoms with E-state index in [1.165, 1.54) is 11.1 Å². The number of nitrogens with zero attached hydrogens (tertiary/aromatic N) is 1. The number of likely N-dealkylation sites (tertiary alicyclic amines) is 1. The van der Waals surface area contributed by atoms with E-state index in [4.69, 9.17) is 21.1 Å². The first-order chi connectivity index (χ1) is 16.6. The fraction of sp³-hybridized carbons (Fsp3) is 0.357. The summed E-state index contributed by atoms with van der Waals surface area (Å²) in [5.41, 5.74) is 3.63. The van der Waals surface area contributed by atoms with E-state index >= 15 is 0 Å². The molecule has 0 aromatic heterocycles. The molecule has 3 aromatic carbocycles. The molecule has 36 heavy (non-hydrogen) atoms. The molecule has 0 spiro atoms. The topological polar surface area (TPSA) is 33.7 Å². The third kappa shape index (κ3) is 9.13. The highest BCUT2D eigenvalue weighted by Gasteiger charge is 2.19. The highest BCUT2D eigenvalue weighted by molar-refractivity contribution is 9.10. The lowest BCUT2D eigenvalue weighted by atomic mass is 10.0. The van der Waals surface area contributed by atoms with Gasteiger partial charge in [0.25, 0.3) is 0 Å². The Hall–Kier alpha value is -1.47. The van der Waals surface area contributed by atoms with Gasteiger partial charge in [0.2, 0.25) is 0 Å². The minimum atomic E-state index is 0. The van der Waals surface area contributed by atoms with E-state index in [0.717, 1.165) is 65.6 Å². The molecule has 4 rings (SSSR count). The lowest BCUT2D eigenvalue weighted by Gasteiger charge is -2.32. The lowest BCUT2D eigenvalue weighted by molar-refractivity contribution is 0.190. The van der Waals surface area contributed by atoms with Crippen molar-refractivity contribution >= 4 is 52.3 Å². The van der Waals surface area contributed by atoms with E-state index < -0.39 is 0 Å². The minimum absolute atomic E-state index is 0. The van der Waals surface area contributed by atoms with Crippen LogP contribution in [0.1, 0.15) is 36.5 Å². The molecule has 3 aromatic rings. The van der Waals surface area contributed by atoms with Crippen LogP contribution < -0.4 is 14.8 Å². The van der Waals surface area contributed by atoms with Gasteiger partial charge in [-0.1, -0.05) is 54.1 Å². The van der Waals surface area contributed by atoms with Gasteiger partial charge in [-0.15, -0.1) is 24.8 Å². The third-order valence-corrected chi connectivity index (χ3v) is 6.94. The first-order valence-electron chi connectivity index (χ1n) is 11.9. The Bertz CT molecular complexity index is 1050. The van der Waals surface area contributed by atoms with E-state index in [2.05, 4.69) is 68.6 Å². The Kier molecular flexibility index (Phi) is 13.4. The van der Waals surface area contributed by atoms with Crippen LogP contribution in [-0.2, 0) is 19.7 Å². The molecule has 1 heterocycles. The lowest BCUT2D eigenvalue weighted by Crippen LogP contribution is -2.41. The molecule has 1 aliphatic heterocycles. The van der Waals surface area contributed by atoms with Crippen molar-refractivity contribution in [1.82, 2.24) is 10.2 Å². The molecule has 0 amide bonds. The van der Waals surface area contributed by atoms with Crippen LogP contribution in [0.3, 0.4) is 0 Å². The zero-order valence-electron chi connectivity index (χ0n) is 20.4. The number of rotatable bonds is 10. The summed E-state index contributed by atoms with van der Waals surface area (Å²) in [4.78, 5) is 2.55. The number of hydrogen-bond acceptors (Lipinski definition) is 4. The number of halogens is 4. The molecular weight excluding hydrogens is 583 g/mol. The van der Waals surface area contributed by atoms with Gasteiger partial charge in [-0.05, 0) is 89.7 Å². The van der Waals surface area contributed by atoms with Gasteiger partial charge in [0, 0.05) is 24.2 Å². The molecule has 0 saturated carbocycles. The van der Waals surface area contributed by atoms with Crippen LogP contribution in [0.2, 0.25) is 5.02 Å². The van der Waals surface area contributed by atoms with Crippen LogP contribution in [0.25, 0.3) is 0 Å². The number of hydrogen-bond donors (Lipinski definition) is 1. The molecule has 1 fully saturated rings. The summed E-state index contributed by atoms with van der Waals surface area (Å²) >= 11 is 9.69. The fourth-order valence-electron chi connectivity index (χ4n) is 4.26. The molecule has 1 saturated heterocycles. The zero-order valence-corrected chi connectivity index (χ0v) is 24.4. The van der Waals surface area contributed by atoms with Gasteiger partial charge >= 0.3 is 0 Å². The highest BCUT2D eigenvalue weighted by Crippen LogP contribution is 2.37. The van der Waals surface area contributed by atoms with E-state index in [9.17, 15) is 0 Å². The molecule has 0 atom stereocenters. The summed E-state index contributed by atoms with van der Waals surface area (Å²) in [7, 11) is 0. The van der Waals surface area contributed by atoms with Crippen molar-refractivity contribution < 1.29 is 9.47 Å². The first-order valence-corrected chi connectivity index (χ1v) is 13.1. The summed E-state index contributed by atoms with van der Waals surface area (Å²) in [6, 6.07) is 23.2. The van der Waals surface area contributed by atoms with E-state index in [1.54, 1.807) is 0 Å². The van der Waals surface area contributed by atoms with Gasteiger partial charge in [-0.2, -0.15) is 0 Å². The van der Waals surface area contributed by atoms with E-state index in [1.807, 2.05) is 31.2 Å². The van der Waals surface area contributed by atoms with Crippen molar-refractivity contribution in [3.8, 4) is 11.5 Å². The quantitative estimate of drug-likeness (QED) is 0.253. The predicted octanol–water partition coefficient (Wildman–Crippen LogP) is 7.68. The second-order valence-corrected chi connectivity index (χ2v) is 9.96. The fourth-order valence-corrected chi connectivity index (χ4v) is 4.99. The zero-order chi connectivity index (χ0) is 23.8. The normalized spacial score (nSPS) is 14.0. The van der Waals surface area contributed by atoms with Crippen molar-refractivity contribution in [1.29, 1.82) is 0 Å². The van der Waals surface area contributed by atoms with Gasteiger partial charge in [0.05, 0.1) is 11.1 Å². The van der Waals surface area contributed by atoms with Gasteiger partial charge in [0.15, 0.2) is 11.5 Å². The molecule has 0 radical (unpaired) electrons. The van der Waals surface area contributed by atoms with Crippen molar-refractivity contribution in [2.45, 2.75) is 45.5 Å². The van der Waals surface area contributed by atoms with Crippen LogP contribution in [-0.4, -0.2) is 30.6 Å². The van der Waals surface area contributed by atoms with Crippen molar-refractivity contribution in [3.63, 3.8) is 0 Å². The standard InChI is InChI=1S/C28H32BrClN2O2.2ClH/c1-2-33-27-17-23(16-26(29)28(27)34-20-22-8-10-24(30)11-9-22)18-31-25-12-14-32(15-13-25)19-21-6-4-3-5-7-21;;/h3-11,16-17,25,31H,2,12-15,18-20H2,1H3;2*1H. The van der Waals surface area contributed by atoms with Gasteiger partial charge in [-0.3, -0.25) is 4.90 Å². The van der Waals surface area contributed by atoms with E-state index in [-0.39, 0.29) is 24.8 Å². The van der Waals surface area contributed by atoms with Gasteiger partial charge in [-0.25, -0.2) is 0 Å². The van der Waals surface area contributed by atoms with Crippen molar-refractivity contribution in [2.75, 3.05) is 19.7 Å². The molecule has 1 N–H and O–H groups in total. The molecular formula is C28H34BrCl3N2O2. The average Bonchev–Trinajstić information content (AvgIpc) is 2.85. The Morgan fingerprint density at radius 1 is 0.917 bits per heavy atom. The SMILES string of the molecule is CCOc1cc(CNC2CCN(Cc3ccccc3)CC2)cc(Br)c1OCc1ccc(Cl)cc1.Cl.Cl. The highest BCUT2D eigenvalue weighted by atomic mass is 79.9. The maximum absolute atomic E-state index is 6.12. The van der Waals surface area contributed by atoms with Crippen molar-refractivity contribution in [3.05, 3.63) is 92.9 Å². The predicted molar refractivity (Wildman–Crippen MR) is 157 cm³/mol.